The van der Waals surface area contributed by atoms with Gasteiger partial charge in [-0.2, -0.15) is 0 Å². The summed E-state index contributed by atoms with van der Waals surface area (Å²) in [6.07, 6.45) is 3.19. The highest BCUT2D eigenvalue weighted by molar-refractivity contribution is 6.35. The van der Waals surface area contributed by atoms with Gasteiger partial charge in [-0.25, -0.2) is 4.79 Å². The Balaban J connectivity index is 2.37. The molecule has 0 saturated carbocycles. The Hall–Kier alpha value is -0.930. The topological polar surface area (TPSA) is 35.5 Å². The molecule has 0 aliphatic heterocycles. The van der Waals surface area contributed by atoms with E-state index in [4.69, 9.17) is 28.1 Å². The quantitative estimate of drug-likeness (QED) is 0.439. The van der Waals surface area contributed by atoms with Crippen molar-refractivity contribution in [1.82, 2.24) is 0 Å². The standard InChI is InChI=1S/C12H14Cl2O3/c1-2-3-4-5-12(15)17-16-11-7-6-9(13)8-10(11)14/h6-8H,2-5H2,1H3. The molecule has 3 nitrogen and oxygen atoms in total. The molecule has 0 spiro atoms. The second-order valence-corrected chi connectivity index (χ2v) is 4.41. The highest BCUT2D eigenvalue weighted by Gasteiger charge is 2.08. The SMILES string of the molecule is CCCCCC(=O)OOc1ccc(Cl)cc1Cl. The minimum atomic E-state index is -0.399. The van der Waals surface area contributed by atoms with Crippen LogP contribution in [0, 0.1) is 0 Å². The molecular weight excluding hydrogens is 263 g/mol. The third-order valence-corrected chi connectivity index (χ3v) is 2.63. The van der Waals surface area contributed by atoms with Crippen LogP contribution < -0.4 is 4.89 Å². The van der Waals surface area contributed by atoms with E-state index in [1.165, 1.54) is 6.07 Å². The lowest BCUT2D eigenvalue weighted by Gasteiger charge is -2.05. The van der Waals surface area contributed by atoms with Crippen LogP contribution in [0.5, 0.6) is 5.75 Å². The molecule has 0 aromatic heterocycles. The molecule has 1 aromatic carbocycles. The Bertz CT molecular complexity index is 380. The summed E-state index contributed by atoms with van der Waals surface area (Å²) in [5.74, 6) is -0.121. The maximum atomic E-state index is 11.3. The molecule has 0 aliphatic rings. The second-order valence-electron chi connectivity index (χ2n) is 3.57. The predicted molar refractivity (Wildman–Crippen MR) is 67.3 cm³/mol. The summed E-state index contributed by atoms with van der Waals surface area (Å²) in [6.45, 7) is 2.06. The van der Waals surface area contributed by atoms with Gasteiger partial charge in [-0.3, -0.25) is 9.78 Å². The zero-order chi connectivity index (χ0) is 12.7. The summed E-state index contributed by atoms with van der Waals surface area (Å²) < 4.78 is 0. The molecule has 17 heavy (non-hydrogen) atoms. The summed E-state index contributed by atoms with van der Waals surface area (Å²) in [7, 11) is 0. The highest BCUT2D eigenvalue weighted by atomic mass is 35.5. The van der Waals surface area contributed by atoms with E-state index in [1.807, 2.05) is 0 Å². The van der Waals surface area contributed by atoms with Gasteiger partial charge in [-0.1, -0.05) is 43.0 Å². The number of hydrogen-bond acceptors (Lipinski definition) is 3. The number of halogens is 2. The molecule has 1 rings (SSSR count). The second kappa shape index (κ2) is 7.41. The molecule has 0 fully saturated rings. The molecule has 0 saturated heterocycles. The lowest BCUT2D eigenvalue weighted by atomic mass is 10.2. The van der Waals surface area contributed by atoms with Gasteiger partial charge in [0.25, 0.3) is 0 Å². The zero-order valence-corrected chi connectivity index (χ0v) is 11.1. The lowest BCUT2D eigenvalue weighted by molar-refractivity contribution is -0.213. The first kappa shape index (κ1) is 14.1. The molecule has 0 unspecified atom stereocenters. The lowest BCUT2D eigenvalue weighted by Crippen LogP contribution is -2.07. The van der Waals surface area contributed by atoms with Crippen LogP contribution in [0.2, 0.25) is 10.0 Å². The van der Waals surface area contributed by atoms with Crippen molar-refractivity contribution < 1.29 is 14.6 Å². The van der Waals surface area contributed by atoms with E-state index in [0.717, 1.165) is 19.3 Å². The molecule has 94 valence electrons. The highest BCUT2D eigenvalue weighted by Crippen LogP contribution is 2.27. The van der Waals surface area contributed by atoms with Crippen molar-refractivity contribution in [3.8, 4) is 5.75 Å². The van der Waals surface area contributed by atoms with Crippen molar-refractivity contribution in [3.63, 3.8) is 0 Å². The number of hydrogen-bond donors (Lipinski definition) is 0. The van der Waals surface area contributed by atoms with Gasteiger partial charge in [0.05, 0.1) is 11.4 Å². The molecular formula is C12H14Cl2O3. The van der Waals surface area contributed by atoms with Crippen molar-refractivity contribution >= 4 is 29.2 Å². The summed E-state index contributed by atoms with van der Waals surface area (Å²) in [4.78, 5) is 20.7. The smallest absolute Gasteiger partial charge is 0.285 e. The van der Waals surface area contributed by atoms with Crippen LogP contribution in [0.15, 0.2) is 18.2 Å². The minimum absolute atomic E-state index is 0.278. The number of benzene rings is 1. The number of unbranched alkanes of at least 4 members (excludes halogenated alkanes) is 2. The molecule has 0 bridgehead atoms. The van der Waals surface area contributed by atoms with E-state index in [1.54, 1.807) is 12.1 Å². The summed E-state index contributed by atoms with van der Waals surface area (Å²) in [5.41, 5.74) is 0. The fraction of sp³-hybridized carbons (Fsp3) is 0.417. The van der Waals surface area contributed by atoms with Crippen LogP contribution in [0.1, 0.15) is 32.6 Å². The fourth-order valence-electron chi connectivity index (χ4n) is 1.20. The van der Waals surface area contributed by atoms with E-state index in [2.05, 4.69) is 11.8 Å². The Labute approximate surface area is 111 Å². The Morgan fingerprint density at radius 1 is 1.29 bits per heavy atom. The number of carbonyl (C=O) groups is 1. The normalized spacial score (nSPS) is 10.1. The van der Waals surface area contributed by atoms with Gasteiger partial charge >= 0.3 is 5.97 Å². The maximum Gasteiger partial charge on any atom is 0.355 e. The summed E-state index contributed by atoms with van der Waals surface area (Å²) in [5, 5.41) is 0.801. The molecule has 0 N–H and O–H groups in total. The van der Waals surface area contributed by atoms with Crippen LogP contribution in [-0.2, 0) is 9.68 Å². The van der Waals surface area contributed by atoms with Crippen LogP contribution in [-0.4, -0.2) is 5.97 Å². The Morgan fingerprint density at radius 3 is 2.71 bits per heavy atom. The first-order chi connectivity index (χ1) is 8.13. The van der Waals surface area contributed by atoms with E-state index in [0.29, 0.717) is 16.5 Å². The fourth-order valence-corrected chi connectivity index (χ4v) is 1.64. The molecule has 1 aromatic rings. The molecule has 0 heterocycles. The van der Waals surface area contributed by atoms with Crippen molar-refractivity contribution in [3.05, 3.63) is 28.2 Å². The molecule has 0 atom stereocenters. The summed E-state index contributed by atoms with van der Waals surface area (Å²) >= 11 is 11.6. The van der Waals surface area contributed by atoms with E-state index in [9.17, 15) is 4.79 Å². The minimum Gasteiger partial charge on any atom is -0.285 e. The monoisotopic (exact) mass is 276 g/mol. The van der Waals surface area contributed by atoms with E-state index >= 15 is 0 Å². The van der Waals surface area contributed by atoms with Crippen LogP contribution in [0.3, 0.4) is 0 Å². The van der Waals surface area contributed by atoms with E-state index < -0.39 is 5.97 Å². The molecule has 5 heteroatoms. The third-order valence-electron chi connectivity index (χ3n) is 2.10. The first-order valence-electron chi connectivity index (χ1n) is 5.46. The van der Waals surface area contributed by atoms with Gasteiger partial charge < -0.3 is 0 Å². The molecule has 0 radical (unpaired) electrons. The maximum absolute atomic E-state index is 11.3. The number of rotatable bonds is 6. The average Bonchev–Trinajstić information content (AvgIpc) is 2.28. The number of carbonyl (C=O) groups excluding carboxylic acids is 1. The van der Waals surface area contributed by atoms with Gasteiger partial charge in [0.15, 0.2) is 5.75 Å². The van der Waals surface area contributed by atoms with E-state index in [-0.39, 0.29) is 5.75 Å². The predicted octanol–water partition coefficient (Wildman–Crippen LogP) is 4.41. The first-order valence-corrected chi connectivity index (χ1v) is 6.21. The zero-order valence-electron chi connectivity index (χ0n) is 9.54. The molecule has 0 amide bonds. The van der Waals surface area contributed by atoms with Crippen molar-refractivity contribution in [2.45, 2.75) is 32.6 Å². The van der Waals surface area contributed by atoms with Gasteiger partial charge in [-0.15, -0.1) is 0 Å². The Morgan fingerprint density at radius 2 is 2.06 bits per heavy atom. The van der Waals surface area contributed by atoms with Crippen LogP contribution in [0.4, 0.5) is 0 Å². The van der Waals surface area contributed by atoms with Crippen molar-refractivity contribution in [2.75, 3.05) is 0 Å². The van der Waals surface area contributed by atoms with Crippen molar-refractivity contribution in [1.29, 1.82) is 0 Å². The van der Waals surface area contributed by atoms with Gasteiger partial charge in [0, 0.05) is 5.02 Å². The van der Waals surface area contributed by atoms with Gasteiger partial charge in [-0.05, 0) is 24.6 Å². The largest absolute Gasteiger partial charge is 0.355 e. The van der Waals surface area contributed by atoms with Crippen molar-refractivity contribution in [2.24, 2.45) is 0 Å². The van der Waals surface area contributed by atoms with Crippen LogP contribution >= 0.6 is 23.2 Å². The molecule has 0 aliphatic carbocycles. The average molecular weight is 277 g/mol. The Kier molecular flexibility index (Phi) is 6.16. The summed E-state index contributed by atoms with van der Waals surface area (Å²) in [6, 6.07) is 4.67. The van der Waals surface area contributed by atoms with Gasteiger partial charge in [0.2, 0.25) is 0 Å². The third kappa shape index (κ3) is 5.29. The van der Waals surface area contributed by atoms with Crippen LogP contribution in [0.25, 0.3) is 0 Å². The van der Waals surface area contributed by atoms with Gasteiger partial charge in [0.1, 0.15) is 0 Å².